The number of nitrogens with zero attached hydrogens (tertiary/aromatic N) is 4. The molecule has 7 heteroatoms. The number of pyridine rings is 1. The van der Waals surface area contributed by atoms with Crippen molar-refractivity contribution in [2.45, 2.75) is 52.5 Å². The largest absolute Gasteiger partial charge is 0.480 e. The van der Waals surface area contributed by atoms with Crippen LogP contribution in [-0.4, -0.2) is 48.3 Å². The van der Waals surface area contributed by atoms with E-state index in [0.29, 0.717) is 23.6 Å². The molecule has 0 unspecified atom stereocenters. The van der Waals surface area contributed by atoms with Crippen LogP contribution in [0.5, 0.6) is 11.8 Å². The van der Waals surface area contributed by atoms with Crippen LogP contribution in [0.3, 0.4) is 0 Å². The molecule has 0 saturated carbocycles. The number of nitrogens with one attached hydrogen (secondary N) is 1. The fourth-order valence-electron chi connectivity index (χ4n) is 3.57. The topological polar surface area (TPSA) is 72.4 Å². The molecule has 1 N–H and O–H groups in total. The SMILES string of the molecule is CCC(CC)Nc1nc(C)c(-c2ccc(N3CCCC3)nc2OC)nc1OC. The van der Waals surface area contributed by atoms with Crippen molar-refractivity contribution in [3.8, 4) is 23.0 Å². The van der Waals surface area contributed by atoms with Gasteiger partial charge in [-0.05, 0) is 44.7 Å². The van der Waals surface area contributed by atoms with Gasteiger partial charge in [-0.1, -0.05) is 13.8 Å². The number of methoxy groups -OCH3 is 2. The van der Waals surface area contributed by atoms with Gasteiger partial charge in [-0.15, -0.1) is 0 Å². The van der Waals surface area contributed by atoms with Gasteiger partial charge < -0.3 is 19.7 Å². The highest BCUT2D eigenvalue weighted by Crippen LogP contribution is 2.34. The van der Waals surface area contributed by atoms with Crippen LogP contribution < -0.4 is 19.7 Å². The molecule has 1 saturated heterocycles. The number of hydrogen-bond acceptors (Lipinski definition) is 7. The molecule has 2 aromatic rings. The third-order valence-electron chi connectivity index (χ3n) is 5.28. The van der Waals surface area contributed by atoms with Crippen molar-refractivity contribution < 1.29 is 9.47 Å². The number of aryl methyl sites for hydroxylation is 1. The van der Waals surface area contributed by atoms with E-state index >= 15 is 0 Å². The van der Waals surface area contributed by atoms with E-state index in [0.717, 1.165) is 48.7 Å². The lowest BCUT2D eigenvalue weighted by Crippen LogP contribution is -2.20. The molecule has 0 atom stereocenters. The number of hydrogen-bond donors (Lipinski definition) is 1. The highest BCUT2D eigenvalue weighted by Gasteiger charge is 2.21. The van der Waals surface area contributed by atoms with Crippen LogP contribution in [0.2, 0.25) is 0 Å². The van der Waals surface area contributed by atoms with Crippen molar-refractivity contribution in [1.82, 2.24) is 15.0 Å². The van der Waals surface area contributed by atoms with E-state index in [-0.39, 0.29) is 0 Å². The second kappa shape index (κ2) is 9.08. The first-order valence-corrected chi connectivity index (χ1v) is 10.1. The molecule has 0 aromatic carbocycles. The van der Waals surface area contributed by atoms with Gasteiger partial charge in [0.2, 0.25) is 5.88 Å². The summed E-state index contributed by atoms with van der Waals surface area (Å²) >= 11 is 0. The average molecular weight is 386 g/mol. The minimum Gasteiger partial charge on any atom is -0.480 e. The van der Waals surface area contributed by atoms with Gasteiger partial charge in [-0.2, -0.15) is 4.98 Å². The lowest BCUT2D eigenvalue weighted by molar-refractivity contribution is 0.394. The first-order chi connectivity index (χ1) is 13.6. The molecule has 7 nitrogen and oxygen atoms in total. The average Bonchev–Trinajstić information content (AvgIpc) is 3.26. The second-order valence-electron chi connectivity index (χ2n) is 7.09. The second-order valence-corrected chi connectivity index (χ2v) is 7.09. The summed E-state index contributed by atoms with van der Waals surface area (Å²) in [5.74, 6) is 2.67. The molecule has 0 aliphatic carbocycles. The number of anilines is 2. The first-order valence-electron chi connectivity index (χ1n) is 10.1. The van der Waals surface area contributed by atoms with Crippen LogP contribution in [0.4, 0.5) is 11.6 Å². The van der Waals surface area contributed by atoms with E-state index in [1.54, 1.807) is 14.2 Å². The van der Waals surface area contributed by atoms with Crippen LogP contribution >= 0.6 is 0 Å². The van der Waals surface area contributed by atoms with Gasteiger partial charge in [-0.3, -0.25) is 0 Å². The summed E-state index contributed by atoms with van der Waals surface area (Å²) < 4.78 is 11.1. The molecular formula is C21H31N5O2. The number of rotatable bonds is 8. The van der Waals surface area contributed by atoms with Crippen molar-refractivity contribution in [2.24, 2.45) is 0 Å². The Morgan fingerprint density at radius 3 is 2.29 bits per heavy atom. The zero-order valence-electron chi connectivity index (χ0n) is 17.6. The molecule has 0 radical (unpaired) electrons. The van der Waals surface area contributed by atoms with Crippen LogP contribution in [0.25, 0.3) is 11.3 Å². The standard InChI is InChI=1S/C21H31N5O2/c1-6-15(7-2)23-19-21(28-5)25-18(14(3)22-19)16-10-11-17(24-20(16)27-4)26-12-8-9-13-26/h10-11,15H,6-9,12-13H2,1-5H3,(H,22,23). The van der Waals surface area contributed by atoms with Gasteiger partial charge in [0.05, 0.1) is 25.5 Å². The fourth-order valence-corrected chi connectivity index (χ4v) is 3.57. The smallest absolute Gasteiger partial charge is 0.257 e. The van der Waals surface area contributed by atoms with Crippen molar-refractivity contribution in [3.05, 3.63) is 17.8 Å². The molecule has 3 heterocycles. The maximum absolute atomic E-state index is 5.60. The van der Waals surface area contributed by atoms with E-state index in [4.69, 9.17) is 24.4 Å². The molecule has 0 spiro atoms. The minimum atomic E-state index is 0.337. The predicted octanol–water partition coefficient (Wildman–Crippen LogP) is 4.06. The summed E-state index contributed by atoms with van der Waals surface area (Å²) in [6.45, 7) is 8.34. The van der Waals surface area contributed by atoms with Crippen LogP contribution in [0, 0.1) is 6.92 Å². The highest BCUT2D eigenvalue weighted by atomic mass is 16.5. The third-order valence-corrected chi connectivity index (χ3v) is 5.28. The van der Waals surface area contributed by atoms with Gasteiger partial charge in [0.1, 0.15) is 11.5 Å². The number of aromatic nitrogens is 3. The Bertz CT molecular complexity index is 802. The Hall–Kier alpha value is -2.57. The Balaban J connectivity index is 1.98. The lowest BCUT2D eigenvalue weighted by Gasteiger charge is -2.20. The number of ether oxygens (including phenoxy) is 2. The Morgan fingerprint density at radius 1 is 1.00 bits per heavy atom. The van der Waals surface area contributed by atoms with Gasteiger partial charge in [0.25, 0.3) is 5.88 Å². The molecule has 152 valence electrons. The third kappa shape index (κ3) is 4.13. The van der Waals surface area contributed by atoms with Crippen LogP contribution in [-0.2, 0) is 0 Å². The lowest BCUT2D eigenvalue weighted by atomic mass is 10.1. The van der Waals surface area contributed by atoms with E-state index in [2.05, 4.69) is 24.1 Å². The zero-order chi connectivity index (χ0) is 20.1. The molecule has 2 aromatic heterocycles. The van der Waals surface area contributed by atoms with E-state index in [9.17, 15) is 0 Å². The minimum absolute atomic E-state index is 0.337. The zero-order valence-corrected chi connectivity index (χ0v) is 17.6. The van der Waals surface area contributed by atoms with Crippen molar-refractivity contribution in [2.75, 3.05) is 37.5 Å². The summed E-state index contributed by atoms with van der Waals surface area (Å²) in [7, 11) is 3.26. The van der Waals surface area contributed by atoms with Crippen LogP contribution in [0.15, 0.2) is 12.1 Å². The molecule has 3 rings (SSSR count). The summed E-state index contributed by atoms with van der Waals surface area (Å²) in [6, 6.07) is 4.39. The Labute approximate surface area is 167 Å². The van der Waals surface area contributed by atoms with E-state index < -0.39 is 0 Å². The first kappa shape index (κ1) is 20.2. The Morgan fingerprint density at radius 2 is 1.68 bits per heavy atom. The predicted molar refractivity (Wildman–Crippen MR) is 113 cm³/mol. The van der Waals surface area contributed by atoms with Gasteiger partial charge in [0.15, 0.2) is 5.82 Å². The Kier molecular flexibility index (Phi) is 6.54. The van der Waals surface area contributed by atoms with E-state index in [1.807, 2.05) is 19.1 Å². The maximum Gasteiger partial charge on any atom is 0.257 e. The van der Waals surface area contributed by atoms with Gasteiger partial charge in [-0.25, -0.2) is 9.97 Å². The monoisotopic (exact) mass is 385 g/mol. The molecule has 0 amide bonds. The molecular weight excluding hydrogens is 354 g/mol. The van der Waals surface area contributed by atoms with Crippen molar-refractivity contribution >= 4 is 11.6 Å². The summed E-state index contributed by atoms with van der Waals surface area (Å²) in [5, 5.41) is 3.44. The fraction of sp³-hybridized carbons (Fsp3) is 0.571. The van der Waals surface area contributed by atoms with Gasteiger partial charge >= 0.3 is 0 Å². The van der Waals surface area contributed by atoms with E-state index in [1.165, 1.54) is 12.8 Å². The summed E-state index contributed by atoms with van der Waals surface area (Å²) in [6.07, 6.45) is 4.44. The van der Waals surface area contributed by atoms with Crippen molar-refractivity contribution in [3.63, 3.8) is 0 Å². The maximum atomic E-state index is 5.60. The molecule has 1 fully saturated rings. The summed E-state index contributed by atoms with van der Waals surface area (Å²) in [4.78, 5) is 16.5. The highest BCUT2D eigenvalue weighted by molar-refractivity contribution is 5.70. The molecule has 1 aliphatic heterocycles. The summed E-state index contributed by atoms with van der Waals surface area (Å²) in [5.41, 5.74) is 2.36. The molecule has 28 heavy (non-hydrogen) atoms. The molecule has 0 bridgehead atoms. The normalized spacial score (nSPS) is 13.9. The quantitative estimate of drug-likeness (QED) is 0.734. The van der Waals surface area contributed by atoms with Crippen molar-refractivity contribution in [1.29, 1.82) is 0 Å². The van der Waals surface area contributed by atoms with Gasteiger partial charge in [0, 0.05) is 19.1 Å². The molecule has 1 aliphatic rings. The van der Waals surface area contributed by atoms with Crippen LogP contribution in [0.1, 0.15) is 45.2 Å².